The van der Waals surface area contributed by atoms with Crippen LogP contribution in [0.4, 0.5) is 8.78 Å². The van der Waals surface area contributed by atoms with Gasteiger partial charge in [0.05, 0.1) is 5.54 Å². The van der Waals surface area contributed by atoms with Gasteiger partial charge in [0.1, 0.15) is 0 Å². The van der Waals surface area contributed by atoms with Gasteiger partial charge in [-0.3, -0.25) is 0 Å². The van der Waals surface area contributed by atoms with Crippen LogP contribution in [0.3, 0.4) is 0 Å². The minimum Gasteiger partial charge on any atom is -0.333 e. The third-order valence-electron chi connectivity index (χ3n) is 3.24. The fraction of sp³-hybridized carbons (Fsp3) is 0.800. The van der Waals surface area contributed by atoms with Gasteiger partial charge in [0.15, 0.2) is 5.82 Å². The number of alkyl halides is 2. The lowest BCUT2D eigenvalue weighted by Crippen LogP contribution is -2.41. The molecule has 0 unspecified atom stereocenters. The number of hydrogen-bond donors (Lipinski definition) is 1. The molecule has 0 atom stereocenters. The zero-order chi connectivity index (χ0) is 11.8. The fourth-order valence-electron chi connectivity index (χ4n) is 2.03. The second-order valence-corrected chi connectivity index (χ2v) is 4.60. The fourth-order valence-corrected chi connectivity index (χ4v) is 2.03. The zero-order valence-electron chi connectivity index (χ0n) is 9.12. The van der Waals surface area contributed by atoms with E-state index in [9.17, 15) is 8.78 Å². The number of rotatable bonds is 2. The Labute approximate surface area is 92.2 Å². The van der Waals surface area contributed by atoms with E-state index < -0.39 is 17.9 Å². The van der Waals surface area contributed by atoms with Crippen LogP contribution in [0.15, 0.2) is 4.52 Å². The summed E-state index contributed by atoms with van der Waals surface area (Å²) in [6.07, 6.45) is 0.643. The molecular formula is C10H15F2N3O. The Hall–Kier alpha value is -1.04. The molecule has 0 bridgehead atoms. The molecule has 1 aliphatic rings. The van der Waals surface area contributed by atoms with Crippen molar-refractivity contribution in [2.75, 3.05) is 0 Å². The molecule has 2 N–H and O–H groups in total. The maximum absolute atomic E-state index is 12.3. The molecule has 1 aromatic heterocycles. The van der Waals surface area contributed by atoms with Crippen LogP contribution in [0.25, 0.3) is 0 Å². The van der Waals surface area contributed by atoms with Crippen molar-refractivity contribution >= 4 is 0 Å². The average Bonchev–Trinajstić information content (AvgIpc) is 2.72. The number of halogens is 2. The van der Waals surface area contributed by atoms with Gasteiger partial charge in [0.25, 0.3) is 5.89 Å². The van der Waals surface area contributed by atoms with E-state index in [0.29, 0.717) is 5.92 Å². The normalized spacial score (nSPS) is 30.9. The molecule has 1 aromatic rings. The van der Waals surface area contributed by atoms with Crippen LogP contribution in [-0.4, -0.2) is 10.1 Å². The Morgan fingerprint density at radius 3 is 2.56 bits per heavy atom. The molecule has 0 aromatic carbocycles. The van der Waals surface area contributed by atoms with Gasteiger partial charge in [0, 0.05) is 0 Å². The van der Waals surface area contributed by atoms with Crippen molar-refractivity contribution in [3.63, 3.8) is 0 Å². The number of aromatic nitrogens is 2. The first-order chi connectivity index (χ1) is 7.51. The molecule has 0 spiro atoms. The maximum atomic E-state index is 12.3. The first-order valence-corrected chi connectivity index (χ1v) is 5.42. The van der Waals surface area contributed by atoms with E-state index in [1.807, 2.05) is 0 Å². The van der Waals surface area contributed by atoms with Crippen LogP contribution < -0.4 is 5.73 Å². The first-order valence-electron chi connectivity index (χ1n) is 5.42. The van der Waals surface area contributed by atoms with Crippen LogP contribution in [-0.2, 0) is 5.54 Å². The molecule has 0 saturated heterocycles. The summed E-state index contributed by atoms with van der Waals surface area (Å²) in [6.45, 7) is 2.15. The third kappa shape index (κ3) is 2.07. The molecule has 2 rings (SSSR count). The van der Waals surface area contributed by atoms with E-state index in [1.165, 1.54) is 0 Å². The molecule has 1 heterocycles. The SMILES string of the molecule is CC1CCC(N)(c2noc(C(F)F)n2)CC1. The van der Waals surface area contributed by atoms with Gasteiger partial charge in [-0.15, -0.1) is 0 Å². The Morgan fingerprint density at radius 2 is 2.06 bits per heavy atom. The topological polar surface area (TPSA) is 64.9 Å². The van der Waals surface area contributed by atoms with Crippen LogP contribution in [0.2, 0.25) is 0 Å². The molecule has 1 fully saturated rings. The summed E-state index contributed by atoms with van der Waals surface area (Å²) in [6, 6.07) is 0. The van der Waals surface area contributed by atoms with Gasteiger partial charge in [-0.1, -0.05) is 12.1 Å². The Kier molecular flexibility index (Phi) is 2.92. The molecule has 0 aliphatic heterocycles. The van der Waals surface area contributed by atoms with Gasteiger partial charge in [-0.25, -0.2) is 0 Å². The number of nitrogens with two attached hydrogens (primary N) is 1. The lowest BCUT2D eigenvalue weighted by Gasteiger charge is -2.33. The highest BCUT2D eigenvalue weighted by Gasteiger charge is 2.36. The van der Waals surface area contributed by atoms with Gasteiger partial charge in [-0.05, 0) is 31.6 Å². The van der Waals surface area contributed by atoms with E-state index in [2.05, 4.69) is 21.6 Å². The van der Waals surface area contributed by atoms with Crippen molar-refractivity contribution in [1.29, 1.82) is 0 Å². The summed E-state index contributed by atoms with van der Waals surface area (Å²) in [5.74, 6) is 0.200. The average molecular weight is 231 g/mol. The molecular weight excluding hydrogens is 216 g/mol. The smallest absolute Gasteiger partial charge is 0.315 e. The maximum Gasteiger partial charge on any atom is 0.315 e. The van der Waals surface area contributed by atoms with E-state index in [0.717, 1.165) is 25.7 Å². The van der Waals surface area contributed by atoms with Crippen molar-refractivity contribution in [3.8, 4) is 0 Å². The van der Waals surface area contributed by atoms with Gasteiger partial charge < -0.3 is 10.3 Å². The Morgan fingerprint density at radius 1 is 1.44 bits per heavy atom. The monoisotopic (exact) mass is 231 g/mol. The summed E-state index contributed by atoms with van der Waals surface area (Å²) < 4.78 is 29.1. The minimum atomic E-state index is -2.73. The first kappa shape index (κ1) is 11.4. The van der Waals surface area contributed by atoms with Gasteiger partial charge >= 0.3 is 6.43 Å². The minimum absolute atomic E-state index is 0.217. The summed E-state index contributed by atoms with van der Waals surface area (Å²) in [4.78, 5) is 3.68. The summed E-state index contributed by atoms with van der Waals surface area (Å²) >= 11 is 0. The lowest BCUT2D eigenvalue weighted by atomic mass is 9.77. The van der Waals surface area contributed by atoms with Crippen LogP contribution in [0, 0.1) is 5.92 Å². The second kappa shape index (κ2) is 4.08. The highest BCUT2D eigenvalue weighted by Crippen LogP contribution is 2.36. The van der Waals surface area contributed by atoms with E-state index in [1.54, 1.807) is 0 Å². The molecule has 90 valence electrons. The van der Waals surface area contributed by atoms with E-state index in [-0.39, 0.29) is 5.82 Å². The molecule has 0 amide bonds. The van der Waals surface area contributed by atoms with Crippen molar-refractivity contribution in [1.82, 2.24) is 10.1 Å². The highest BCUT2D eigenvalue weighted by molar-refractivity contribution is 5.06. The molecule has 1 aliphatic carbocycles. The van der Waals surface area contributed by atoms with Gasteiger partial charge in [0.2, 0.25) is 0 Å². The Balaban J connectivity index is 2.16. The van der Waals surface area contributed by atoms with Crippen molar-refractivity contribution < 1.29 is 13.3 Å². The van der Waals surface area contributed by atoms with Crippen molar-refractivity contribution in [2.24, 2.45) is 11.7 Å². The largest absolute Gasteiger partial charge is 0.333 e. The van der Waals surface area contributed by atoms with Gasteiger partial charge in [-0.2, -0.15) is 13.8 Å². The standard InChI is InChI=1S/C10H15F2N3O/c1-6-2-4-10(13,5-3-6)9-14-8(7(11)12)16-15-9/h6-7H,2-5,13H2,1H3. The summed E-state index contributed by atoms with van der Waals surface area (Å²) in [7, 11) is 0. The van der Waals surface area contributed by atoms with E-state index >= 15 is 0 Å². The summed E-state index contributed by atoms with van der Waals surface area (Å²) in [5, 5.41) is 3.57. The Bertz CT molecular complexity index is 359. The van der Waals surface area contributed by atoms with Crippen LogP contribution >= 0.6 is 0 Å². The highest BCUT2D eigenvalue weighted by atomic mass is 19.3. The number of nitrogens with zero attached hydrogens (tertiary/aromatic N) is 2. The second-order valence-electron chi connectivity index (χ2n) is 4.60. The van der Waals surface area contributed by atoms with Crippen molar-refractivity contribution in [3.05, 3.63) is 11.7 Å². The predicted molar refractivity (Wildman–Crippen MR) is 52.8 cm³/mol. The van der Waals surface area contributed by atoms with Crippen molar-refractivity contribution in [2.45, 2.75) is 44.6 Å². The molecule has 4 nitrogen and oxygen atoms in total. The van der Waals surface area contributed by atoms with Crippen LogP contribution in [0.5, 0.6) is 0 Å². The molecule has 0 radical (unpaired) electrons. The predicted octanol–water partition coefficient (Wildman–Crippen LogP) is 2.37. The molecule has 6 heteroatoms. The molecule has 1 saturated carbocycles. The quantitative estimate of drug-likeness (QED) is 0.848. The zero-order valence-corrected chi connectivity index (χ0v) is 9.12. The number of hydrogen-bond acceptors (Lipinski definition) is 4. The summed E-state index contributed by atoms with van der Waals surface area (Å²) in [5.41, 5.74) is 5.43. The third-order valence-corrected chi connectivity index (χ3v) is 3.24. The van der Waals surface area contributed by atoms with Crippen LogP contribution in [0.1, 0.15) is 50.7 Å². The molecule has 16 heavy (non-hydrogen) atoms. The van der Waals surface area contributed by atoms with E-state index in [4.69, 9.17) is 5.73 Å². The lowest BCUT2D eigenvalue weighted by molar-refractivity contribution is 0.106.